The van der Waals surface area contributed by atoms with E-state index < -0.39 is 0 Å². The SMILES string of the molecule is Fc1ccccc1C1c2c(ccc3ccccc23)Oc2ccc3ccccc3c21. The summed E-state index contributed by atoms with van der Waals surface area (Å²) in [5.74, 6) is 1.14. The lowest BCUT2D eigenvalue weighted by molar-refractivity contribution is 0.454. The smallest absolute Gasteiger partial charge is 0.132 e. The lowest BCUT2D eigenvalue weighted by Gasteiger charge is -2.31. The second-order valence-corrected chi connectivity index (χ2v) is 7.45. The Labute approximate surface area is 168 Å². The number of ether oxygens (including phenoxy) is 1. The molecule has 0 atom stereocenters. The number of halogens is 1. The number of fused-ring (bicyclic) bond motifs is 6. The molecule has 0 aliphatic carbocycles. The Balaban J connectivity index is 1.78. The molecule has 138 valence electrons. The second-order valence-electron chi connectivity index (χ2n) is 7.45. The Kier molecular flexibility index (Phi) is 3.48. The number of benzene rings is 5. The minimum atomic E-state index is -0.243. The van der Waals surface area contributed by atoms with E-state index in [-0.39, 0.29) is 11.7 Å². The molecule has 0 aromatic heterocycles. The van der Waals surface area contributed by atoms with E-state index >= 15 is 4.39 Å². The summed E-state index contributed by atoms with van der Waals surface area (Å²) in [6.07, 6.45) is 0. The summed E-state index contributed by atoms with van der Waals surface area (Å²) in [6, 6.07) is 31.7. The van der Waals surface area contributed by atoms with Gasteiger partial charge in [-0.25, -0.2) is 4.39 Å². The van der Waals surface area contributed by atoms with Crippen LogP contribution in [0.2, 0.25) is 0 Å². The summed E-state index contributed by atoms with van der Waals surface area (Å²) in [5, 5.41) is 4.44. The van der Waals surface area contributed by atoms with E-state index in [0.29, 0.717) is 5.56 Å². The fraction of sp³-hybridized carbons (Fsp3) is 0.0370. The summed E-state index contributed by atoms with van der Waals surface area (Å²) in [7, 11) is 0. The van der Waals surface area contributed by atoms with Gasteiger partial charge >= 0.3 is 0 Å². The van der Waals surface area contributed by atoms with Crippen molar-refractivity contribution in [2.24, 2.45) is 0 Å². The largest absolute Gasteiger partial charge is 0.457 e. The lowest BCUT2D eigenvalue weighted by atomic mass is 9.78. The number of rotatable bonds is 1. The quantitative estimate of drug-likeness (QED) is 0.290. The third-order valence-corrected chi connectivity index (χ3v) is 5.87. The average molecular weight is 376 g/mol. The van der Waals surface area contributed by atoms with Crippen LogP contribution >= 0.6 is 0 Å². The highest BCUT2D eigenvalue weighted by molar-refractivity contribution is 5.95. The molecule has 0 saturated heterocycles. The molecular formula is C27H17FO. The maximum atomic E-state index is 15.1. The fourth-order valence-corrected chi connectivity index (χ4v) is 4.61. The van der Waals surface area contributed by atoms with Crippen molar-refractivity contribution in [2.75, 3.05) is 0 Å². The van der Waals surface area contributed by atoms with E-state index in [1.165, 1.54) is 0 Å². The van der Waals surface area contributed by atoms with Gasteiger partial charge in [0.15, 0.2) is 0 Å². The zero-order valence-electron chi connectivity index (χ0n) is 15.6. The predicted molar refractivity (Wildman–Crippen MR) is 115 cm³/mol. The van der Waals surface area contributed by atoms with Gasteiger partial charge in [0.05, 0.1) is 0 Å². The molecule has 1 nitrogen and oxygen atoms in total. The van der Waals surface area contributed by atoms with Gasteiger partial charge in [0, 0.05) is 22.6 Å². The highest BCUT2D eigenvalue weighted by Gasteiger charge is 2.33. The summed E-state index contributed by atoms with van der Waals surface area (Å²) >= 11 is 0. The molecule has 0 radical (unpaired) electrons. The van der Waals surface area contributed by atoms with Gasteiger partial charge in [-0.3, -0.25) is 0 Å². The third-order valence-electron chi connectivity index (χ3n) is 5.87. The molecule has 0 saturated carbocycles. The molecule has 0 spiro atoms. The van der Waals surface area contributed by atoms with E-state index in [1.807, 2.05) is 48.5 Å². The lowest BCUT2D eigenvalue weighted by Crippen LogP contribution is -2.14. The summed E-state index contributed by atoms with van der Waals surface area (Å²) in [5.41, 5.74) is 2.72. The van der Waals surface area contributed by atoms with Crippen molar-refractivity contribution in [3.05, 3.63) is 120 Å². The second kappa shape index (κ2) is 6.18. The predicted octanol–water partition coefficient (Wildman–Crippen LogP) is 7.42. The molecule has 29 heavy (non-hydrogen) atoms. The van der Waals surface area contributed by atoms with Gasteiger partial charge in [-0.05, 0) is 39.7 Å². The molecule has 0 amide bonds. The first-order valence-corrected chi connectivity index (χ1v) is 9.77. The molecule has 2 heteroatoms. The zero-order valence-corrected chi connectivity index (χ0v) is 15.6. The number of hydrogen-bond donors (Lipinski definition) is 0. The van der Waals surface area contributed by atoms with Gasteiger partial charge in [-0.2, -0.15) is 0 Å². The molecule has 5 aromatic carbocycles. The monoisotopic (exact) mass is 376 g/mol. The maximum absolute atomic E-state index is 15.1. The van der Waals surface area contributed by atoms with E-state index in [9.17, 15) is 0 Å². The van der Waals surface area contributed by atoms with Crippen molar-refractivity contribution in [2.45, 2.75) is 5.92 Å². The standard InChI is InChI=1S/C27H17FO/c28-22-12-6-5-11-21(22)27-25-19-9-3-1-7-17(19)13-15-23(25)29-24-16-14-18-8-2-4-10-20(18)26(24)27/h1-16,27H. The van der Waals surface area contributed by atoms with Gasteiger partial charge in [0.25, 0.3) is 0 Å². The van der Waals surface area contributed by atoms with Crippen molar-refractivity contribution in [3.63, 3.8) is 0 Å². The van der Waals surface area contributed by atoms with Crippen LogP contribution in [0.4, 0.5) is 4.39 Å². The first kappa shape index (κ1) is 16.3. The Morgan fingerprint density at radius 2 is 1.07 bits per heavy atom. The Morgan fingerprint density at radius 1 is 0.552 bits per heavy atom. The summed E-state index contributed by atoms with van der Waals surface area (Å²) in [6.45, 7) is 0. The first-order chi connectivity index (χ1) is 14.3. The van der Waals surface area contributed by atoms with E-state index in [4.69, 9.17) is 4.74 Å². The van der Waals surface area contributed by atoms with Crippen molar-refractivity contribution in [3.8, 4) is 11.5 Å². The Bertz CT molecular complexity index is 1320. The van der Waals surface area contributed by atoms with Gasteiger partial charge in [0.2, 0.25) is 0 Å². The highest BCUT2D eigenvalue weighted by Crippen LogP contribution is 2.52. The summed E-state index contributed by atoms with van der Waals surface area (Å²) in [4.78, 5) is 0. The normalized spacial score (nSPS) is 13.1. The van der Waals surface area contributed by atoms with Gasteiger partial charge in [-0.1, -0.05) is 78.9 Å². The van der Waals surface area contributed by atoms with Crippen LogP contribution in [0.3, 0.4) is 0 Å². The average Bonchev–Trinajstić information content (AvgIpc) is 2.78. The highest BCUT2D eigenvalue weighted by atomic mass is 19.1. The molecule has 6 rings (SSSR count). The third kappa shape index (κ3) is 2.39. The minimum Gasteiger partial charge on any atom is -0.457 e. The molecule has 0 fully saturated rings. The van der Waals surface area contributed by atoms with Crippen LogP contribution < -0.4 is 4.74 Å². The molecule has 0 unspecified atom stereocenters. The molecule has 0 N–H and O–H groups in total. The van der Waals surface area contributed by atoms with Crippen LogP contribution in [0.1, 0.15) is 22.6 Å². The molecule has 5 aromatic rings. The van der Waals surface area contributed by atoms with Crippen LogP contribution in [-0.2, 0) is 0 Å². The molecule has 1 heterocycles. The molecule has 0 bridgehead atoms. The van der Waals surface area contributed by atoms with Crippen molar-refractivity contribution >= 4 is 21.5 Å². The van der Waals surface area contributed by atoms with Gasteiger partial charge in [0.1, 0.15) is 17.3 Å². The maximum Gasteiger partial charge on any atom is 0.132 e. The minimum absolute atomic E-state index is 0.197. The Hall–Kier alpha value is -3.65. The van der Waals surface area contributed by atoms with Gasteiger partial charge < -0.3 is 4.74 Å². The van der Waals surface area contributed by atoms with Crippen LogP contribution in [0, 0.1) is 5.82 Å². The van der Waals surface area contributed by atoms with E-state index in [2.05, 4.69) is 36.4 Å². The fourth-order valence-electron chi connectivity index (χ4n) is 4.61. The number of hydrogen-bond acceptors (Lipinski definition) is 1. The van der Waals surface area contributed by atoms with Crippen LogP contribution in [0.5, 0.6) is 11.5 Å². The van der Waals surface area contributed by atoms with Crippen LogP contribution in [-0.4, -0.2) is 0 Å². The van der Waals surface area contributed by atoms with Crippen LogP contribution in [0.15, 0.2) is 97.1 Å². The Morgan fingerprint density at radius 3 is 1.66 bits per heavy atom. The molecule has 1 aliphatic heterocycles. The van der Waals surface area contributed by atoms with Crippen LogP contribution in [0.25, 0.3) is 21.5 Å². The van der Waals surface area contributed by atoms with Crippen molar-refractivity contribution in [1.29, 1.82) is 0 Å². The molecular weight excluding hydrogens is 359 g/mol. The van der Waals surface area contributed by atoms with Crippen molar-refractivity contribution < 1.29 is 9.13 Å². The first-order valence-electron chi connectivity index (χ1n) is 9.77. The topological polar surface area (TPSA) is 9.23 Å². The summed E-state index contributed by atoms with van der Waals surface area (Å²) < 4.78 is 21.5. The van der Waals surface area contributed by atoms with E-state index in [1.54, 1.807) is 12.1 Å². The zero-order chi connectivity index (χ0) is 19.4. The van der Waals surface area contributed by atoms with Crippen molar-refractivity contribution in [1.82, 2.24) is 0 Å². The van der Waals surface area contributed by atoms with E-state index in [0.717, 1.165) is 44.2 Å². The molecule has 1 aliphatic rings. The van der Waals surface area contributed by atoms with Gasteiger partial charge in [-0.15, -0.1) is 0 Å².